The summed E-state index contributed by atoms with van der Waals surface area (Å²) in [5.41, 5.74) is -0.879. The van der Waals surface area contributed by atoms with Crippen molar-refractivity contribution in [1.29, 1.82) is 0 Å². The molecule has 1 N–H and O–H groups in total. The van der Waals surface area contributed by atoms with Crippen molar-refractivity contribution >= 4 is 15.7 Å². The highest BCUT2D eigenvalue weighted by molar-refractivity contribution is 7.89. The van der Waals surface area contributed by atoms with E-state index >= 15 is 0 Å². The lowest BCUT2D eigenvalue weighted by molar-refractivity contribution is 0.585. The lowest BCUT2D eigenvalue weighted by Gasteiger charge is -2.22. The fraction of sp³-hybridized carbons (Fsp3) is 0.231. The molecule has 6 nitrogen and oxygen atoms in total. The van der Waals surface area contributed by atoms with E-state index in [9.17, 15) is 18.0 Å². The molecule has 0 amide bonds. The number of hydrogen-bond donors (Lipinski definition) is 1. The van der Waals surface area contributed by atoms with Crippen molar-refractivity contribution in [1.82, 2.24) is 4.72 Å². The minimum absolute atomic E-state index is 0.0618. The van der Waals surface area contributed by atoms with Gasteiger partial charge in [0, 0.05) is 13.6 Å². The van der Waals surface area contributed by atoms with E-state index in [1.165, 1.54) is 11.9 Å². The van der Waals surface area contributed by atoms with Crippen LogP contribution < -0.4 is 20.5 Å². The Labute approximate surface area is 116 Å². The summed E-state index contributed by atoms with van der Waals surface area (Å²) in [6.45, 7) is 0.345. The highest BCUT2D eigenvalue weighted by Gasteiger charge is 2.32. The first-order valence-corrected chi connectivity index (χ1v) is 7.38. The molecule has 0 aliphatic rings. The van der Waals surface area contributed by atoms with Crippen molar-refractivity contribution < 1.29 is 8.42 Å². The first kappa shape index (κ1) is 14.4. The average molecular weight is 294 g/mol. The van der Waals surface area contributed by atoms with Gasteiger partial charge in [-0.25, -0.2) is 13.1 Å². The Bertz CT molecular complexity index is 790. The van der Waals surface area contributed by atoms with Crippen molar-refractivity contribution in [3.8, 4) is 0 Å². The van der Waals surface area contributed by atoms with Crippen LogP contribution in [0.15, 0.2) is 44.8 Å². The molecule has 0 bridgehead atoms. The molecule has 2 rings (SSSR count). The van der Waals surface area contributed by atoms with Crippen LogP contribution in [0.2, 0.25) is 0 Å². The molecule has 0 unspecified atom stereocenters. The number of anilines is 1. The van der Waals surface area contributed by atoms with Gasteiger partial charge in [0.25, 0.3) is 5.43 Å². The maximum absolute atomic E-state index is 11.7. The molecular formula is C13H14N2O4S. The molecule has 0 aromatic heterocycles. The summed E-state index contributed by atoms with van der Waals surface area (Å²) in [5, 5.41) is 0. The number of nitrogens with one attached hydrogen (secondary N) is 1. The van der Waals surface area contributed by atoms with Gasteiger partial charge in [-0.1, -0.05) is 30.3 Å². The van der Waals surface area contributed by atoms with Crippen LogP contribution >= 0.6 is 0 Å². The lowest BCUT2D eigenvalue weighted by atomic mass is 10.2. The minimum Gasteiger partial charge on any atom is -0.366 e. The third-order valence-electron chi connectivity index (χ3n) is 3.02. The summed E-state index contributed by atoms with van der Waals surface area (Å²) >= 11 is 0. The van der Waals surface area contributed by atoms with E-state index in [-0.39, 0.29) is 5.69 Å². The van der Waals surface area contributed by atoms with Gasteiger partial charge in [0.1, 0.15) is 5.69 Å². The predicted molar refractivity (Wildman–Crippen MR) is 76.1 cm³/mol. The molecule has 0 aliphatic heterocycles. The molecule has 20 heavy (non-hydrogen) atoms. The highest BCUT2D eigenvalue weighted by Crippen LogP contribution is 2.20. The van der Waals surface area contributed by atoms with Crippen LogP contribution in [0, 0.1) is 0 Å². The average Bonchev–Trinajstić information content (AvgIpc) is 2.44. The van der Waals surface area contributed by atoms with Gasteiger partial charge in [-0.2, -0.15) is 0 Å². The normalized spacial score (nSPS) is 11.7. The number of rotatable bonds is 5. The van der Waals surface area contributed by atoms with E-state index in [4.69, 9.17) is 0 Å². The molecule has 7 heteroatoms. The molecule has 0 fully saturated rings. The summed E-state index contributed by atoms with van der Waals surface area (Å²) in [4.78, 5) is 24.1. The summed E-state index contributed by atoms with van der Waals surface area (Å²) in [6, 6.07) is 9.26. The fourth-order valence-electron chi connectivity index (χ4n) is 1.99. The van der Waals surface area contributed by atoms with E-state index in [0.29, 0.717) is 6.54 Å². The number of benzene rings is 1. The smallest absolute Gasteiger partial charge is 0.251 e. The molecule has 0 radical (unpaired) electrons. The summed E-state index contributed by atoms with van der Waals surface area (Å²) in [5.74, 6) is 0. The Morgan fingerprint density at radius 1 is 1.10 bits per heavy atom. The van der Waals surface area contributed by atoms with Crippen LogP contribution in [0.4, 0.5) is 5.69 Å². The third kappa shape index (κ3) is 2.37. The minimum atomic E-state index is -3.91. The topological polar surface area (TPSA) is 83.6 Å². The molecule has 0 spiro atoms. The number of sulfonamides is 1. The lowest BCUT2D eigenvalue weighted by Crippen LogP contribution is -2.45. The van der Waals surface area contributed by atoms with Gasteiger partial charge >= 0.3 is 0 Å². The maximum atomic E-state index is 11.7. The Kier molecular flexibility index (Phi) is 3.74. The molecule has 0 saturated heterocycles. The second kappa shape index (κ2) is 5.18. The van der Waals surface area contributed by atoms with Gasteiger partial charge < -0.3 is 4.90 Å². The van der Waals surface area contributed by atoms with E-state index < -0.39 is 25.8 Å². The SMILES string of the molecule is CNS(=O)(=O)c1c(N(C)Cc2ccccc2)c(=O)c1=O. The maximum Gasteiger partial charge on any atom is 0.251 e. The zero-order chi connectivity index (χ0) is 14.9. The largest absolute Gasteiger partial charge is 0.366 e. The summed E-state index contributed by atoms with van der Waals surface area (Å²) in [6.07, 6.45) is 0. The Morgan fingerprint density at radius 3 is 2.25 bits per heavy atom. The number of hydrogen-bond acceptors (Lipinski definition) is 5. The van der Waals surface area contributed by atoms with Crippen molar-refractivity contribution in [3.63, 3.8) is 0 Å². The monoisotopic (exact) mass is 294 g/mol. The first-order chi connectivity index (χ1) is 9.38. The predicted octanol–water partition coefficient (Wildman–Crippen LogP) is -0.173. The van der Waals surface area contributed by atoms with Crippen molar-refractivity contribution in [2.75, 3.05) is 19.0 Å². The van der Waals surface area contributed by atoms with Gasteiger partial charge in [0.2, 0.25) is 15.5 Å². The van der Waals surface area contributed by atoms with Crippen LogP contribution in [-0.4, -0.2) is 22.5 Å². The van der Waals surface area contributed by atoms with Crippen LogP contribution in [0.3, 0.4) is 0 Å². The quantitative estimate of drug-likeness (QED) is 0.774. The van der Waals surface area contributed by atoms with Gasteiger partial charge in [0.05, 0.1) is 0 Å². The molecule has 106 valence electrons. The molecule has 2 aromatic rings. The number of nitrogens with zero attached hydrogens (tertiary/aromatic N) is 1. The molecule has 0 saturated carbocycles. The Hall–Kier alpha value is -1.99. The molecule has 0 aliphatic carbocycles. The Balaban J connectivity index is 2.38. The molecule has 0 atom stereocenters. The van der Waals surface area contributed by atoms with Crippen LogP contribution in [0.25, 0.3) is 0 Å². The van der Waals surface area contributed by atoms with Crippen molar-refractivity contribution in [2.24, 2.45) is 0 Å². The summed E-state index contributed by atoms with van der Waals surface area (Å²) < 4.78 is 25.5. The summed E-state index contributed by atoms with van der Waals surface area (Å²) in [7, 11) is -1.13. The van der Waals surface area contributed by atoms with Crippen molar-refractivity contribution in [2.45, 2.75) is 11.4 Å². The third-order valence-corrected chi connectivity index (χ3v) is 4.48. The second-order valence-corrected chi connectivity index (χ2v) is 6.21. The standard InChI is InChI=1S/C13H14N2O4S/c1-14-20(18,19)13-10(11(16)12(13)17)15(2)8-9-6-4-3-5-7-9/h3-7,14H,8H2,1-2H3. The van der Waals surface area contributed by atoms with Gasteiger partial charge in [-0.3, -0.25) is 9.59 Å². The second-order valence-electron chi connectivity index (χ2n) is 4.39. The van der Waals surface area contributed by atoms with E-state index in [0.717, 1.165) is 5.56 Å². The zero-order valence-corrected chi connectivity index (χ0v) is 11.9. The van der Waals surface area contributed by atoms with E-state index in [2.05, 4.69) is 4.72 Å². The van der Waals surface area contributed by atoms with Crippen molar-refractivity contribution in [3.05, 3.63) is 56.3 Å². The van der Waals surface area contributed by atoms with Crippen LogP contribution in [0.1, 0.15) is 5.56 Å². The van der Waals surface area contributed by atoms with Gasteiger partial charge in [0.15, 0.2) is 4.90 Å². The van der Waals surface area contributed by atoms with E-state index in [1.54, 1.807) is 7.05 Å². The van der Waals surface area contributed by atoms with Gasteiger partial charge in [-0.15, -0.1) is 0 Å². The highest BCUT2D eigenvalue weighted by atomic mass is 32.2. The van der Waals surface area contributed by atoms with Gasteiger partial charge in [-0.05, 0) is 12.6 Å². The van der Waals surface area contributed by atoms with Crippen LogP contribution in [-0.2, 0) is 16.6 Å². The fourth-order valence-corrected chi connectivity index (χ4v) is 3.04. The molecule has 0 heterocycles. The zero-order valence-electron chi connectivity index (χ0n) is 11.1. The van der Waals surface area contributed by atoms with E-state index in [1.807, 2.05) is 30.3 Å². The Morgan fingerprint density at radius 2 is 1.70 bits per heavy atom. The first-order valence-electron chi connectivity index (χ1n) is 5.90. The molecule has 2 aromatic carbocycles. The van der Waals surface area contributed by atoms with Crippen LogP contribution in [0.5, 0.6) is 0 Å². The molecular weight excluding hydrogens is 280 g/mol.